The van der Waals surface area contributed by atoms with Gasteiger partial charge in [-0.2, -0.15) is 0 Å². The summed E-state index contributed by atoms with van der Waals surface area (Å²) in [5.41, 5.74) is 1.11. The number of rotatable bonds is 4. The molecule has 0 unspecified atom stereocenters. The van der Waals surface area contributed by atoms with Gasteiger partial charge in [-0.15, -0.1) is 0 Å². The van der Waals surface area contributed by atoms with Crippen molar-refractivity contribution in [1.29, 1.82) is 0 Å². The Morgan fingerprint density at radius 1 is 1.54 bits per heavy atom. The van der Waals surface area contributed by atoms with E-state index in [1.807, 2.05) is 18.2 Å². The number of aryl methyl sites for hydroxylation is 1. The van der Waals surface area contributed by atoms with E-state index in [2.05, 4.69) is 22.9 Å². The van der Waals surface area contributed by atoms with Crippen LogP contribution in [0.1, 0.15) is 12.5 Å². The van der Waals surface area contributed by atoms with E-state index < -0.39 is 0 Å². The van der Waals surface area contributed by atoms with Crippen molar-refractivity contribution in [3.8, 4) is 5.75 Å². The van der Waals surface area contributed by atoms with Crippen LogP contribution in [0.25, 0.3) is 0 Å². The van der Waals surface area contributed by atoms with Crippen molar-refractivity contribution in [3.63, 3.8) is 0 Å². The third-order valence-corrected chi connectivity index (χ3v) is 2.20. The first-order valence-corrected chi connectivity index (χ1v) is 4.92. The molecule has 0 atom stereocenters. The van der Waals surface area contributed by atoms with E-state index in [9.17, 15) is 4.79 Å². The summed E-state index contributed by atoms with van der Waals surface area (Å²) in [5.74, 6) is 0.790. The van der Waals surface area contributed by atoms with E-state index in [1.54, 1.807) is 0 Å². The number of halogens is 1. The van der Waals surface area contributed by atoms with Gasteiger partial charge in [-0.1, -0.05) is 22.9 Å². The van der Waals surface area contributed by atoms with Crippen LogP contribution in [0.15, 0.2) is 22.7 Å². The van der Waals surface area contributed by atoms with Crippen LogP contribution in [0.2, 0.25) is 0 Å². The maximum atomic E-state index is 10.1. The average molecular weight is 243 g/mol. The molecule has 0 N–H and O–H groups in total. The summed E-state index contributed by atoms with van der Waals surface area (Å²) in [6.07, 6.45) is 1.65. The quantitative estimate of drug-likeness (QED) is 0.759. The molecule has 1 rings (SSSR count). The van der Waals surface area contributed by atoms with Gasteiger partial charge < -0.3 is 4.74 Å². The van der Waals surface area contributed by atoms with Gasteiger partial charge >= 0.3 is 0 Å². The van der Waals surface area contributed by atoms with E-state index in [0.717, 1.165) is 28.5 Å². The van der Waals surface area contributed by atoms with Gasteiger partial charge in [-0.05, 0) is 30.2 Å². The fraction of sp³-hybridized carbons (Fsp3) is 0.300. The Labute approximate surface area is 86.0 Å². The van der Waals surface area contributed by atoms with Crippen LogP contribution in [0.3, 0.4) is 0 Å². The first kappa shape index (κ1) is 10.3. The minimum absolute atomic E-state index is 0.120. The predicted octanol–water partition coefficient (Wildman–Crippen LogP) is 2.59. The number of benzene rings is 1. The second-order valence-corrected chi connectivity index (χ2v) is 3.50. The summed E-state index contributed by atoms with van der Waals surface area (Å²) in [4.78, 5) is 10.1. The van der Waals surface area contributed by atoms with Crippen molar-refractivity contribution in [2.75, 3.05) is 6.61 Å². The SMILES string of the molecule is CCc1cc(Br)ccc1OCC=O. The van der Waals surface area contributed by atoms with E-state index in [1.165, 1.54) is 0 Å². The summed E-state index contributed by atoms with van der Waals surface area (Å²) >= 11 is 3.38. The van der Waals surface area contributed by atoms with Gasteiger partial charge in [-0.25, -0.2) is 0 Å². The lowest BCUT2D eigenvalue weighted by Gasteiger charge is -2.07. The maximum absolute atomic E-state index is 10.1. The molecule has 0 heterocycles. The van der Waals surface area contributed by atoms with Crippen molar-refractivity contribution < 1.29 is 9.53 Å². The zero-order valence-corrected chi connectivity index (χ0v) is 9.00. The van der Waals surface area contributed by atoms with E-state index in [0.29, 0.717) is 0 Å². The summed E-state index contributed by atoms with van der Waals surface area (Å²) in [7, 11) is 0. The third kappa shape index (κ3) is 2.84. The Morgan fingerprint density at radius 3 is 2.92 bits per heavy atom. The number of aldehydes is 1. The molecule has 0 aliphatic rings. The molecule has 0 saturated heterocycles. The standard InChI is InChI=1S/C10H11BrO2/c1-2-8-7-9(11)3-4-10(8)13-6-5-12/h3-5,7H,2,6H2,1H3. The Kier molecular flexibility index (Phi) is 3.96. The number of hydrogen-bond donors (Lipinski definition) is 0. The number of carbonyl (C=O) groups is 1. The molecule has 2 nitrogen and oxygen atoms in total. The Morgan fingerprint density at radius 2 is 2.31 bits per heavy atom. The lowest BCUT2D eigenvalue weighted by Crippen LogP contribution is -2.00. The molecule has 0 radical (unpaired) electrons. The second-order valence-electron chi connectivity index (χ2n) is 2.58. The summed E-state index contributed by atoms with van der Waals surface area (Å²) in [6, 6.07) is 5.77. The normalized spacial score (nSPS) is 9.69. The maximum Gasteiger partial charge on any atom is 0.157 e. The average Bonchev–Trinajstić information content (AvgIpc) is 2.16. The third-order valence-electron chi connectivity index (χ3n) is 1.71. The van der Waals surface area contributed by atoms with E-state index in [4.69, 9.17) is 4.74 Å². The zero-order chi connectivity index (χ0) is 9.68. The lowest BCUT2D eigenvalue weighted by molar-refractivity contribution is -0.109. The monoisotopic (exact) mass is 242 g/mol. The molecular weight excluding hydrogens is 232 g/mol. The molecule has 0 saturated carbocycles. The molecule has 0 aliphatic heterocycles. The molecule has 0 aliphatic carbocycles. The predicted molar refractivity (Wildman–Crippen MR) is 55.1 cm³/mol. The minimum atomic E-state index is 0.120. The van der Waals surface area contributed by atoms with Crippen molar-refractivity contribution in [2.45, 2.75) is 13.3 Å². The van der Waals surface area contributed by atoms with Crippen LogP contribution in [0.4, 0.5) is 0 Å². The molecule has 1 aromatic carbocycles. The number of ether oxygens (including phenoxy) is 1. The summed E-state index contributed by atoms with van der Waals surface area (Å²) in [6.45, 7) is 2.17. The van der Waals surface area contributed by atoms with Gasteiger partial charge in [0.05, 0.1) is 0 Å². The Hall–Kier alpha value is -0.830. The molecule has 0 amide bonds. The van der Waals surface area contributed by atoms with Crippen LogP contribution >= 0.6 is 15.9 Å². The van der Waals surface area contributed by atoms with Crippen molar-refractivity contribution in [2.24, 2.45) is 0 Å². The first-order valence-electron chi connectivity index (χ1n) is 4.12. The van der Waals surface area contributed by atoms with Crippen LogP contribution in [-0.4, -0.2) is 12.9 Å². The topological polar surface area (TPSA) is 26.3 Å². The first-order chi connectivity index (χ1) is 6.27. The molecule has 0 bridgehead atoms. The van der Waals surface area contributed by atoms with Crippen LogP contribution in [0, 0.1) is 0 Å². The molecular formula is C10H11BrO2. The summed E-state index contributed by atoms with van der Waals surface area (Å²) < 4.78 is 6.27. The lowest BCUT2D eigenvalue weighted by atomic mass is 10.1. The Balaban J connectivity index is 2.85. The number of carbonyl (C=O) groups excluding carboxylic acids is 1. The van der Waals surface area contributed by atoms with Gasteiger partial charge in [0.2, 0.25) is 0 Å². The zero-order valence-electron chi connectivity index (χ0n) is 7.42. The fourth-order valence-electron chi connectivity index (χ4n) is 1.09. The van der Waals surface area contributed by atoms with Crippen LogP contribution in [-0.2, 0) is 11.2 Å². The number of hydrogen-bond acceptors (Lipinski definition) is 2. The highest BCUT2D eigenvalue weighted by Gasteiger charge is 2.01. The van der Waals surface area contributed by atoms with Crippen LogP contribution in [0.5, 0.6) is 5.75 Å². The molecule has 3 heteroatoms. The molecule has 0 fully saturated rings. The van der Waals surface area contributed by atoms with Crippen molar-refractivity contribution in [3.05, 3.63) is 28.2 Å². The highest BCUT2D eigenvalue weighted by molar-refractivity contribution is 9.10. The highest BCUT2D eigenvalue weighted by Crippen LogP contribution is 2.23. The van der Waals surface area contributed by atoms with Gasteiger partial charge in [-0.3, -0.25) is 4.79 Å². The van der Waals surface area contributed by atoms with E-state index >= 15 is 0 Å². The molecule has 0 spiro atoms. The van der Waals surface area contributed by atoms with Crippen molar-refractivity contribution in [1.82, 2.24) is 0 Å². The highest BCUT2D eigenvalue weighted by atomic mass is 79.9. The van der Waals surface area contributed by atoms with E-state index in [-0.39, 0.29) is 6.61 Å². The Bertz CT molecular complexity index is 297. The molecule has 70 valence electrons. The van der Waals surface area contributed by atoms with Gasteiger partial charge in [0.1, 0.15) is 12.4 Å². The molecule has 1 aromatic rings. The van der Waals surface area contributed by atoms with Gasteiger partial charge in [0.15, 0.2) is 6.29 Å². The molecule has 0 aromatic heterocycles. The largest absolute Gasteiger partial charge is 0.486 e. The summed E-state index contributed by atoms with van der Waals surface area (Å²) in [5, 5.41) is 0. The van der Waals surface area contributed by atoms with Gasteiger partial charge in [0, 0.05) is 4.47 Å². The smallest absolute Gasteiger partial charge is 0.157 e. The van der Waals surface area contributed by atoms with Gasteiger partial charge in [0.25, 0.3) is 0 Å². The van der Waals surface area contributed by atoms with Crippen molar-refractivity contribution >= 4 is 22.2 Å². The molecule has 13 heavy (non-hydrogen) atoms. The van der Waals surface area contributed by atoms with Crippen LogP contribution < -0.4 is 4.74 Å². The fourth-order valence-corrected chi connectivity index (χ4v) is 1.50. The second kappa shape index (κ2) is 5.02. The minimum Gasteiger partial charge on any atom is -0.486 e.